The summed E-state index contributed by atoms with van der Waals surface area (Å²) in [5.41, 5.74) is 1.25. The smallest absolute Gasteiger partial charge is 0.270 e. The highest BCUT2D eigenvalue weighted by molar-refractivity contribution is 7.93. The van der Waals surface area contributed by atoms with E-state index in [0.717, 1.165) is 9.87 Å². The molecule has 0 aliphatic heterocycles. The molecular formula is C23H21Cl2NO4S. The van der Waals surface area contributed by atoms with Gasteiger partial charge in [0.15, 0.2) is 0 Å². The summed E-state index contributed by atoms with van der Waals surface area (Å²) in [6.45, 7) is 2.08. The third kappa shape index (κ3) is 5.79. The van der Waals surface area contributed by atoms with Gasteiger partial charge >= 0.3 is 0 Å². The number of ether oxygens (including phenoxy) is 1. The number of anilines is 1. The summed E-state index contributed by atoms with van der Waals surface area (Å²) < 4.78 is 32.9. The molecule has 0 aliphatic carbocycles. The van der Waals surface area contributed by atoms with Crippen LogP contribution in [0, 0.1) is 6.92 Å². The number of aryl methyl sites for hydroxylation is 1. The zero-order valence-corrected chi connectivity index (χ0v) is 19.1. The van der Waals surface area contributed by atoms with Gasteiger partial charge in [-0.05, 0) is 55.8 Å². The lowest BCUT2D eigenvalue weighted by molar-refractivity contribution is -0.117. The first-order chi connectivity index (χ1) is 14.8. The molecule has 0 spiro atoms. The number of nitrogens with zero attached hydrogens (tertiary/aromatic N) is 1. The van der Waals surface area contributed by atoms with E-state index in [0.29, 0.717) is 27.9 Å². The molecule has 0 bridgehead atoms. The van der Waals surface area contributed by atoms with Crippen LogP contribution in [0.5, 0.6) is 5.75 Å². The highest BCUT2D eigenvalue weighted by Crippen LogP contribution is 2.28. The summed E-state index contributed by atoms with van der Waals surface area (Å²) in [7, 11) is -4.06. The lowest BCUT2D eigenvalue weighted by atomic mass is 10.2. The van der Waals surface area contributed by atoms with E-state index in [1.54, 1.807) is 60.7 Å². The summed E-state index contributed by atoms with van der Waals surface area (Å²) >= 11 is 11.9. The molecule has 0 heterocycles. The predicted molar refractivity (Wildman–Crippen MR) is 123 cm³/mol. The van der Waals surface area contributed by atoms with Crippen molar-refractivity contribution in [1.29, 1.82) is 0 Å². The van der Waals surface area contributed by atoms with Crippen LogP contribution in [0.15, 0.2) is 77.7 Å². The Morgan fingerprint density at radius 1 is 0.968 bits per heavy atom. The van der Waals surface area contributed by atoms with Crippen LogP contribution < -0.4 is 9.04 Å². The van der Waals surface area contributed by atoms with Gasteiger partial charge in [0.25, 0.3) is 10.0 Å². The van der Waals surface area contributed by atoms with Crippen molar-refractivity contribution >= 4 is 44.8 Å². The van der Waals surface area contributed by atoms with Gasteiger partial charge in [0, 0.05) is 11.4 Å². The molecule has 1 amide bonds. The van der Waals surface area contributed by atoms with E-state index in [4.69, 9.17) is 27.9 Å². The Kier molecular flexibility index (Phi) is 7.59. The van der Waals surface area contributed by atoms with Gasteiger partial charge in [-0.2, -0.15) is 0 Å². The van der Waals surface area contributed by atoms with Crippen molar-refractivity contribution < 1.29 is 17.9 Å². The highest BCUT2D eigenvalue weighted by atomic mass is 35.5. The molecule has 0 radical (unpaired) electrons. The van der Waals surface area contributed by atoms with Gasteiger partial charge in [-0.25, -0.2) is 12.7 Å². The number of carbonyl (C=O) groups excluding carboxylic acids is 1. The number of rotatable bonds is 8. The number of halogens is 2. The minimum Gasteiger partial charge on any atom is -0.492 e. The Morgan fingerprint density at radius 3 is 2.29 bits per heavy atom. The normalized spacial score (nSPS) is 11.2. The van der Waals surface area contributed by atoms with Crippen LogP contribution in [-0.4, -0.2) is 20.9 Å². The second-order valence-corrected chi connectivity index (χ2v) is 9.47. The Labute approximate surface area is 192 Å². The molecule has 31 heavy (non-hydrogen) atoms. The van der Waals surface area contributed by atoms with E-state index in [1.807, 2.05) is 6.92 Å². The third-order valence-electron chi connectivity index (χ3n) is 4.46. The van der Waals surface area contributed by atoms with E-state index in [-0.39, 0.29) is 17.9 Å². The molecule has 162 valence electrons. The Balaban J connectivity index is 1.76. The molecule has 3 aromatic carbocycles. The van der Waals surface area contributed by atoms with Crippen molar-refractivity contribution in [2.24, 2.45) is 0 Å². The average Bonchev–Trinajstić information content (AvgIpc) is 2.74. The minimum atomic E-state index is -4.06. The summed E-state index contributed by atoms with van der Waals surface area (Å²) in [6, 6.07) is 19.5. The van der Waals surface area contributed by atoms with Gasteiger partial charge in [0.05, 0.1) is 22.2 Å². The molecule has 3 rings (SSSR count). The van der Waals surface area contributed by atoms with Gasteiger partial charge in [0.1, 0.15) is 5.75 Å². The first-order valence-corrected chi connectivity index (χ1v) is 11.8. The van der Waals surface area contributed by atoms with E-state index in [2.05, 4.69) is 0 Å². The molecule has 5 nitrogen and oxygen atoms in total. The van der Waals surface area contributed by atoms with E-state index in [9.17, 15) is 13.2 Å². The van der Waals surface area contributed by atoms with Crippen molar-refractivity contribution in [2.75, 3.05) is 10.9 Å². The molecule has 0 saturated heterocycles. The fourth-order valence-electron chi connectivity index (χ4n) is 2.89. The highest BCUT2D eigenvalue weighted by Gasteiger charge is 2.30. The van der Waals surface area contributed by atoms with Gasteiger partial charge in [-0.1, -0.05) is 59.1 Å². The number of sulfonamides is 1. The second-order valence-electron chi connectivity index (χ2n) is 6.84. The van der Waals surface area contributed by atoms with Gasteiger partial charge < -0.3 is 4.74 Å². The van der Waals surface area contributed by atoms with Crippen molar-refractivity contribution in [3.05, 3.63) is 88.4 Å². The summed E-state index contributed by atoms with van der Waals surface area (Å²) in [5.74, 6) is -0.0932. The molecule has 0 aliphatic rings. The average molecular weight is 478 g/mol. The fourth-order valence-corrected chi connectivity index (χ4v) is 4.83. The number of carbonyl (C=O) groups is 1. The lowest BCUT2D eigenvalue weighted by Crippen LogP contribution is -2.37. The third-order valence-corrected chi connectivity index (χ3v) is 6.76. The van der Waals surface area contributed by atoms with Crippen LogP contribution in [0.1, 0.15) is 18.4 Å². The van der Waals surface area contributed by atoms with Crippen LogP contribution in [0.2, 0.25) is 10.0 Å². The van der Waals surface area contributed by atoms with Gasteiger partial charge in [0.2, 0.25) is 5.91 Å². The monoisotopic (exact) mass is 477 g/mol. The quantitative estimate of drug-likeness (QED) is 0.379. The molecule has 0 atom stereocenters. The number of benzene rings is 3. The van der Waals surface area contributed by atoms with Crippen molar-refractivity contribution in [3.8, 4) is 5.75 Å². The minimum absolute atomic E-state index is 0.0227. The number of amides is 1. The topological polar surface area (TPSA) is 63.7 Å². The molecule has 8 heteroatoms. The fraction of sp³-hybridized carbons (Fsp3) is 0.174. The zero-order valence-electron chi connectivity index (χ0n) is 16.8. The van der Waals surface area contributed by atoms with Crippen LogP contribution >= 0.6 is 23.2 Å². The van der Waals surface area contributed by atoms with Crippen molar-refractivity contribution in [2.45, 2.75) is 24.7 Å². The van der Waals surface area contributed by atoms with Gasteiger partial charge in [-0.3, -0.25) is 4.79 Å². The maximum Gasteiger partial charge on any atom is 0.270 e. The van der Waals surface area contributed by atoms with Crippen LogP contribution in [0.25, 0.3) is 0 Å². The number of hydrogen-bond donors (Lipinski definition) is 0. The summed E-state index contributed by atoms with van der Waals surface area (Å²) in [4.78, 5) is 13.1. The molecule has 0 saturated carbocycles. The van der Waals surface area contributed by atoms with Gasteiger partial charge in [-0.15, -0.1) is 0 Å². The van der Waals surface area contributed by atoms with Crippen LogP contribution in [-0.2, 0) is 14.8 Å². The largest absolute Gasteiger partial charge is 0.492 e. The molecule has 0 fully saturated rings. The first-order valence-electron chi connectivity index (χ1n) is 9.57. The van der Waals surface area contributed by atoms with Crippen molar-refractivity contribution in [1.82, 2.24) is 0 Å². The van der Waals surface area contributed by atoms with E-state index in [1.165, 1.54) is 12.1 Å². The SMILES string of the molecule is Cc1ccc(N(C(=O)CCCOc2ccc(Cl)cc2Cl)S(=O)(=O)c2ccccc2)cc1. The molecule has 3 aromatic rings. The number of hydrogen-bond acceptors (Lipinski definition) is 4. The second kappa shape index (κ2) is 10.2. The molecular weight excluding hydrogens is 457 g/mol. The Hall–Kier alpha value is -2.54. The molecule has 0 N–H and O–H groups in total. The summed E-state index contributed by atoms with van der Waals surface area (Å²) in [6.07, 6.45) is 0.287. The van der Waals surface area contributed by atoms with Crippen LogP contribution in [0.3, 0.4) is 0 Å². The lowest BCUT2D eigenvalue weighted by Gasteiger charge is -2.23. The Bertz CT molecular complexity index is 1150. The maximum absolute atomic E-state index is 13.2. The summed E-state index contributed by atoms with van der Waals surface area (Å²) in [5, 5.41) is 0.860. The van der Waals surface area contributed by atoms with Crippen LogP contribution in [0.4, 0.5) is 5.69 Å². The van der Waals surface area contributed by atoms with E-state index < -0.39 is 15.9 Å². The van der Waals surface area contributed by atoms with E-state index >= 15 is 0 Å². The zero-order chi connectivity index (χ0) is 22.4. The maximum atomic E-state index is 13.2. The molecule has 0 unspecified atom stereocenters. The predicted octanol–water partition coefficient (Wildman–Crippen LogP) is 5.88. The first kappa shape index (κ1) is 23.1. The standard InChI is InChI=1S/C23H21Cl2NO4S/c1-17-9-12-19(13-10-17)26(31(28,29)20-6-3-2-4-7-20)23(27)8-5-15-30-22-14-11-18(24)16-21(22)25/h2-4,6-7,9-14,16H,5,8,15H2,1H3. The van der Waals surface area contributed by atoms with Crippen molar-refractivity contribution in [3.63, 3.8) is 0 Å². The Morgan fingerprint density at radius 2 is 1.65 bits per heavy atom. The molecule has 0 aromatic heterocycles.